The number of hydrogen-bond donors (Lipinski definition) is 0. The second kappa shape index (κ2) is 4.31. The minimum absolute atomic E-state index is 0.331. The largest absolute Gasteiger partial charge is 0.496 e. The SMILES string of the molecule is COc1cccc2c1CC1OCCN(C)C1C2. The fourth-order valence-electron chi connectivity index (χ4n) is 3.04. The molecule has 92 valence electrons. The highest BCUT2D eigenvalue weighted by Gasteiger charge is 2.35. The van der Waals surface area contributed by atoms with Gasteiger partial charge in [-0.15, -0.1) is 0 Å². The molecule has 1 saturated heterocycles. The Kier molecular flexibility index (Phi) is 2.81. The third kappa shape index (κ3) is 1.83. The van der Waals surface area contributed by atoms with Crippen LogP contribution in [0.15, 0.2) is 18.2 Å². The summed E-state index contributed by atoms with van der Waals surface area (Å²) in [5.41, 5.74) is 2.76. The first-order valence-electron chi connectivity index (χ1n) is 6.26. The van der Waals surface area contributed by atoms with Gasteiger partial charge in [-0.2, -0.15) is 0 Å². The Balaban J connectivity index is 1.95. The monoisotopic (exact) mass is 233 g/mol. The van der Waals surface area contributed by atoms with E-state index >= 15 is 0 Å². The molecule has 1 heterocycles. The summed E-state index contributed by atoms with van der Waals surface area (Å²) in [5.74, 6) is 1.01. The maximum absolute atomic E-state index is 5.91. The highest BCUT2D eigenvalue weighted by molar-refractivity contribution is 5.43. The predicted octanol–water partition coefficient (Wildman–Crippen LogP) is 1.49. The lowest BCUT2D eigenvalue weighted by atomic mass is 9.84. The molecule has 3 rings (SSSR count). The minimum Gasteiger partial charge on any atom is -0.496 e. The molecule has 0 radical (unpaired) electrons. The van der Waals surface area contributed by atoms with Gasteiger partial charge in [-0.3, -0.25) is 4.90 Å². The molecule has 0 amide bonds. The van der Waals surface area contributed by atoms with Crippen LogP contribution in [0, 0.1) is 0 Å². The van der Waals surface area contributed by atoms with E-state index in [1.807, 2.05) is 6.07 Å². The Labute approximate surface area is 102 Å². The zero-order valence-electron chi connectivity index (χ0n) is 10.5. The Morgan fingerprint density at radius 3 is 3.06 bits per heavy atom. The van der Waals surface area contributed by atoms with E-state index in [0.29, 0.717) is 12.1 Å². The van der Waals surface area contributed by atoms with E-state index in [1.165, 1.54) is 11.1 Å². The normalized spacial score (nSPS) is 28.4. The molecule has 3 nitrogen and oxygen atoms in total. The van der Waals surface area contributed by atoms with Gasteiger partial charge in [-0.05, 0) is 30.7 Å². The quantitative estimate of drug-likeness (QED) is 0.733. The number of likely N-dealkylation sites (N-methyl/N-ethyl adjacent to an activating group) is 1. The number of rotatable bonds is 1. The van der Waals surface area contributed by atoms with Crippen LogP contribution in [0.4, 0.5) is 0 Å². The van der Waals surface area contributed by atoms with Crippen molar-refractivity contribution in [2.45, 2.75) is 25.0 Å². The van der Waals surface area contributed by atoms with Crippen LogP contribution in [0.2, 0.25) is 0 Å². The van der Waals surface area contributed by atoms with E-state index in [0.717, 1.165) is 31.7 Å². The maximum atomic E-state index is 5.91. The minimum atomic E-state index is 0.331. The molecule has 1 aromatic rings. The van der Waals surface area contributed by atoms with Crippen molar-refractivity contribution >= 4 is 0 Å². The highest BCUT2D eigenvalue weighted by Crippen LogP contribution is 2.33. The van der Waals surface area contributed by atoms with Crippen molar-refractivity contribution in [1.82, 2.24) is 4.90 Å². The summed E-state index contributed by atoms with van der Waals surface area (Å²) in [4.78, 5) is 2.43. The lowest BCUT2D eigenvalue weighted by Crippen LogP contribution is -2.53. The first-order valence-corrected chi connectivity index (χ1v) is 6.26. The van der Waals surface area contributed by atoms with Gasteiger partial charge in [0.2, 0.25) is 0 Å². The predicted molar refractivity (Wildman–Crippen MR) is 66.6 cm³/mol. The van der Waals surface area contributed by atoms with Gasteiger partial charge in [0.05, 0.1) is 19.8 Å². The summed E-state index contributed by atoms with van der Waals surface area (Å²) < 4.78 is 11.4. The van der Waals surface area contributed by atoms with Gasteiger partial charge in [0, 0.05) is 19.0 Å². The summed E-state index contributed by atoms with van der Waals surface area (Å²) in [6.45, 7) is 1.89. The molecule has 1 aromatic carbocycles. The molecule has 1 aliphatic heterocycles. The Morgan fingerprint density at radius 1 is 1.35 bits per heavy atom. The van der Waals surface area contributed by atoms with Crippen molar-refractivity contribution in [2.75, 3.05) is 27.3 Å². The van der Waals surface area contributed by atoms with Crippen molar-refractivity contribution in [3.05, 3.63) is 29.3 Å². The van der Waals surface area contributed by atoms with E-state index in [1.54, 1.807) is 7.11 Å². The maximum Gasteiger partial charge on any atom is 0.122 e. The number of methoxy groups -OCH3 is 1. The second-order valence-corrected chi connectivity index (χ2v) is 4.96. The fourth-order valence-corrected chi connectivity index (χ4v) is 3.04. The lowest BCUT2D eigenvalue weighted by Gasteiger charge is -2.42. The number of morpholine rings is 1. The number of fused-ring (bicyclic) bond motifs is 2. The van der Waals surface area contributed by atoms with Crippen LogP contribution in [-0.2, 0) is 17.6 Å². The number of hydrogen-bond acceptors (Lipinski definition) is 3. The van der Waals surface area contributed by atoms with Crippen LogP contribution in [0.1, 0.15) is 11.1 Å². The fraction of sp³-hybridized carbons (Fsp3) is 0.571. The van der Waals surface area contributed by atoms with Crippen LogP contribution < -0.4 is 4.74 Å². The molecular formula is C14H19NO2. The van der Waals surface area contributed by atoms with Gasteiger partial charge in [0.15, 0.2) is 0 Å². The average molecular weight is 233 g/mol. The van der Waals surface area contributed by atoms with Gasteiger partial charge in [-0.25, -0.2) is 0 Å². The topological polar surface area (TPSA) is 21.7 Å². The first-order chi connectivity index (χ1) is 8.29. The second-order valence-electron chi connectivity index (χ2n) is 4.96. The van der Waals surface area contributed by atoms with E-state index < -0.39 is 0 Å². The summed E-state index contributed by atoms with van der Waals surface area (Å²) in [7, 11) is 3.95. The van der Waals surface area contributed by atoms with Crippen LogP contribution in [0.3, 0.4) is 0 Å². The summed E-state index contributed by atoms with van der Waals surface area (Å²) in [6, 6.07) is 6.88. The standard InChI is InChI=1S/C14H19NO2/c1-15-6-7-17-14-9-11-10(8-12(14)15)4-3-5-13(11)16-2/h3-5,12,14H,6-9H2,1-2H3. The Bertz CT molecular complexity index is 419. The van der Waals surface area contributed by atoms with Gasteiger partial charge in [-0.1, -0.05) is 12.1 Å². The third-order valence-corrected chi connectivity index (χ3v) is 4.06. The molecule has 2 unspecified atom stereocenters. The Hall–Kier alpha value is -1.06. The van der Waals surface area contributed by atoms with E-state index in [4.69, 9.17) is 9.47 Å². The molecule has 0 saturated carbocycles. The zero-order chi connectivity index (χ0) is 11.8. The molecule has 3 heteroatoms. The molecule has 0 bridgehead atoms. The molecule has 2 atom stereocenters. The van der Waals surface area contributed by atoms with Crippen LogP contribution in [0.5, 0.6) is 5.75 Å². The molecule has 0 spiro atoms. The summed E-state index contributed by atoms with van der Waals surface area (Å²) >= 11 is 0. The molecule has 1 fully saturated rings. The van der Waals surface area contributed by atoms with Gasteiger partial charge < -0.3 is 9.47 Å². The van der Waals surface area contributed by atoms with E-state index in [-0.39, 0.29) is 0 Å². The van der Waals surface area contributed by atoms with Crippen molar-refractivity contribution in [1.29, 1.82) is 0 Å². The van der Waals surface area contributed by atoms with Crippen LogP contribution in [0.25, 0.3) is 0 Å². The lowest BCUT2D eigenvalue weighted by molar-refractivity contribution is -0.0646. The number of nitrogens with zero attached hydrogens (tertiary/aromatic N) is 1. The van der Waals surface area contributed by atoms with Gasteiger partial charge >= 0.3 is 0 Å². The van der Waals surface area contributed by atoms with Crippen LogP contribution in [-0.4, -0.2) is 44.4 Å². The van der Waals surface area contributed by atoms with E-state index in [9.17, 15) is 0 Å². The first kappa shape index (κ1) is 11.1. The van der Waals surface area contributed by atoms with Crippen molar-refractivity contribution in [3.8, 4) is 5.75 Å². The smallest absolute Gasteiger partial charge is 0.122 e. The molecule has 2 aliphatic rings. The highest BCUT2D eigenvalue weighted by atomic mass is 16.5. The van der Waals surface area contributed by atoms with Crippen molar-refractivity contribution in [2.24, 2.45) is 0 Å². The van der Waals surface area contributed by atoms with Gasteiger partial charge in [0.25, 0.3) is 0 Å². The Morgan fingerprint density at radius 2 is 2.24 bits per heavy atom. The number of ether oxygens (including phenoxy) is 2. The summed E-state index contributed by atoms with van der Waals surface area (Å²) in [5, 5.41) is 0. The molecule has 0 aromatic heterocycles. The third-order valence-electron chi connectivity index (χ3n) is 4.06. The molecular weight excluding hydrogens is 214 g/mol. The van der Waals surface area contributed by atoms with Gasteiger partial charge in [0.1, 0.15) is 5.75 Å². The van der Waals surface area contributed by atoms with Crippen molar-refractivity contribution in [3.63, 3.8) is 0 Å². The summed E-state index contributed by atoms with van der Waals surface area (Å²) in [6.07, 6.45) is 2.39. The number of benzene rings is 1. The molecule has 0 N–H and O–H groups in total. The van der Waals surface area contributed by atoms with Crippen molar-refractivity contribution < 1.29 is 9.47 Å². The van der Waals surface area contributed by atoms with Crippen LogP contribution >= 0.6 is 0 Å². The molecule has 17 heavy (non-hydrogen) atoms. The average Bonchev–Trinajstić information content (AvgIpc) is 2.36. The van der Waals surface area contributed by atoms with E-state index in [2.05, 4.69) is 24.1 Å². The zero-order valence-corrected chi connectivity index (χ0v) is 10.5. The molecule has 1 aliphatic carbocycles.